The number of nitrogen functional groups attached to an aromatic ring is 1. The number of aromatic nitrogens is 1. The van der Waals surface area contributed by atoms with Crippen molar-refractivity contribution in [1.29, 1.82) is 0 Å². The van der Waals surface area contributed by atoms with Crippen molar-refractivity contribution >= 4 is 38.8 Å². The molecular weight excluding hydrogens is 321 g/mol. The standard InChI is InChI=1S/C14H8ClF3N2S/c15-8-2-4-12-11(6-8)20-13(21-12)9-3-1-7(5-10(9)19)14(16,17)18/h1-6H,19H2. The molecule has 0 aliphatic rings. The number of alkyl halides is 3. The zero-order valence-corrected chi connectivity index (χ0v) is 12.0. The second kappa shape index (κ2) is 4.89. The average Bonchev–Trinajstić information content (AvgIpc) is 2.80. The Kier molecular flexibility index (Phi) is 3.30. The van der Waals surface area contributed by atoms with Crippen molar-refractivity contribution in [2.75, 3.05) is 5.73 Å². The molecule has 0 saturated heterocycles. The van der Waals surface area contributed by atoms with Crippen LogP contribution in [-0.4, -0.2) is 4.98 Å². The van der Waals surface area contributed by atoms with Crippen LogP contribution in [0, 0.1) is 0 Å². The summed E-state index contributed by atoms with van der Waals surface area (Å²) in [4.78, 5) is 4.37. The van der Waals surface area contributed by atoms with Crippen LogP contribution in [0.3, 0.4) is 0 Å². The van der Waals surface area contributed by atoms with Crippen LogP contribution in [0.1, 0.15) is 5.56 Å². The molecule has 7 heteroatoms. The number of hydrogen-bond acceptors (Lipinski definition) is 3. The molecule has 3 rings (SSSR count). The minimum Gasteiger partial charge on any atom is -0.398 e. The van der Waals surface area contributed by atoms with Gasteiger partial charge in [0.05, 0.1) is 15.8 Å². The number of anilines is 1. The molecule has 2 N–H and O–H groups in total. The first-order valence-electron chi connectivity index (χ1n) is 5.88. The molecule has 0 amide bonds. The van der Waals surface area contributed by atoms with Crippen LogP contribution < -0.4 is 5.73 Å². The molecule has 1 aromatic heterocycles. The van der Waals surface area contributed by atoms with Gasteiger partial charge in [-0.05, 0) is 36.4 Å². The van der Waals surface area contributed by atoms with Gasteiger partial charge in [0.15, 0.2) is 0 Å². The van der Waals surface area contributed by atoms with Gasteiger partial charge in [-0.25, -0.2) is 4.98 Å². The van der Waals surface area contributed by atoms with Crippen LogP contribution in [0.4, 0.5) is 18.9 Å². The minimum absolute atomic E-state index is 0.0509. The zero-order valence-electron chi connectivity index (χ0n) is 10.4. The van der Waals surface area contributed by atoms with Crippen molar-refractivity contribution in [3.8, 4) is 10.6 Å². The van der Waals surface area contributed by atoms with Gasteiger partial charge < -0.3 is 5.73 Å². The molecule has 0 spiro atoms. The highest BCUT2D eigenvalue weighted by molar-refractivity contribution is 7.21. The second-order valence-electron chi connectivity index (χ2n) is 4.43. The summed E-state index contributed by atoms with van der Waals surface area (Å²) in [6, 6.07) is 8.54. The largest absolute Gasteiger partial charge is 0.416 e. The Hall–Kier alpha value is -1.79. The van der Waals surface area contributed by atoms with E-state index in [1.165, 1.54) is 17.4 Å². The van der Waals surface area contributed by atoms with Crippen molar-refractivity contribution in [3.63, 3.8) is 0 Å². The Bertz CT molecular complexity index is 827. The van der Waals surface area contributed by atoms with E-state index < -0.39 is 11.7 Å². The van der Waals surface area contributed by atoms with E-state index in [1.54, 1.807) is 12.1 Å². The number of thiazole rings is 1. The predicted molar refractivity (Wildman–Crippen MR) is 79.5 cm³/mol. The molecule has 0 aliphatic heterocycles. The lowest BCUT2D eigenvalue weighted by Crippen LogP contribution is -2.05. The topological polar surface area (TPSA) is 38.9 Å². The first-order chi connectivity index (χ1) is 9.84. The monoisotopic (exact) mass is 328 g/mol. The number of rotatable bonds is 1. The Morgan fingerprint density at radius 1 is 1.10 bits per heavy atom. The van der Waals surface area contributed by atoms with Gasteiger partial charge in [-0.2, -0.15) is 13.2 Å². The fourth-order valence-corrected chi connectivity index (χ4v) is 3.11. The maximum absolute atomic E-state index is 12.6. The highest BCUT2D eigenvalue weighted by Gasteiger charge is 2.31. The maximum atomic E-state index is 12.6. The lowest BCUT2D eigenvalue weighted by molar-refractivity contribution is -0.137. The number of fused-ring (bicyclic) bond motifs is 1. The number of hydrogen-bond donors (Lipinski definition) is 1. The van der Waals surface area contributed by atoms with Gasteiger partial charge in [-0.15, -0.1) is 11.3 Å². The van der Waals surface area contributed by atoms with Crippen LogP contribution in [0.2, 0.25) is 5.02 Å². The van der Waals surface area contributed by atoms with E-state index in [4.69, 9.17) is 17.3 Å². The van der Waals surface area contributed by atoms with E-state index in [0.717, 1.165) is 16.8 Å². The number of nitrogens with two attached hydrogens (primary N) is 1. The number of nitrogens with zero attached hydrogens (tertiary/aromatic N) is 1. The summed E-state index contributed by atoms with van der Waals surface area (Å²) in [5.41, 5.74) is 6.21. The number of halogens is 4. The average molecular weight is 329 g/mol. The third-order valence-corrected chi connectivity index (χ3v) is 4.26. The third-order valence-electron chi connectivity index (χ3n) is 2.96. The van der Waals surface area contributed by atoms with Crippen molar-refractivity contribution in [3.05, 3.63) is 47.0 Å². The summed E-state index contributed by atoms with van der Waals surface area (Å²) in [5, 5.41) is 1.12. The third kappa shape index (κ3) is 2.69. The molecule has 0 atom stereocenters. The molecule has 108 valence electrons. The first kappa shape index (κ1) is 14.2. The van der Waals surface area contributed by atoms with Crippen molar-refractivity contribution in [2.24, 2.45) is 0 Å². The SMILES string of the molecule is Nc1cc(C(F)(F)F)ccc1-c1nc2cc(Cl)ccc2s1. The van der Waals surface area contributed by atoms with Crippen molar-refractivity contribution < 1.29 is 13.2 Å². The summed E-state index contributed by atoms with van der Waals surface area (Å²) in [5.74, 6) is 0. The lowest BCUT2D eigenvalue weighted by Gasteiger charge is -2.09. The summed E-state index contributed by atoms with van der Waals surface area (Å²) in [7, 11) is 0. The molecule has 3 aromatic rings. The van der Waals surface area contributed by atoms with E-state index in [0.29, 0.717) is 21.1 Å². The molecule has 2 aromatic carbocycles. The molecule has 0 aliphatic carbocycles. The Balaban J connectivity index is 2.10. The molecule has 0 unspecified atom stereocenters. The zero-order chi connectivity index (χ0) is 15.2. The Labute approximate surface area is 127 Å². The Morgan fingerprint density at radius 2 is 1.86 bits per heavy atom. The van der Waals surface area contributed by atoms with Gasteiger partial charge in [-0.1, -0.05) is 11.6 Å². The van der Waals surface area contributed by atoms with Crippen molar-refractivity contribution in [2.45, 2.75) is 6.18 Å². The fourth-order valence-electron chi connectivity index (χ4n) is 1.95. The molecule has 0 bridgehead atoms. The van der Waals surface area contributed by atoms with E-state index >= 15 is 0 Å². The van der Waals surface area contributed by atoms with E-state index in [1.807, 2.05) is 6.07 Å². The molecular formula is C14H8ClF3N2S. The summed E-state index contributed by atoms with van der Waals surface area (Å²) >= 11 is 7.25. The lowest BCUT2D eigenvalue weighted by atomic mass is 10.1. The second-order valence-corrected chi connectivity index (χ2v) is 5.90. The van der Waals surface area contributed by atoms with Gasteiger partial charge >= 0.3 is 6.18 Å². The van der Waals surface area contributed by atoms with E-state index in [9.17, 15) is 13.2 Å². The molecule has 0 radical (unpaired) electrons. The van der Waals surface area contributed by atoms with Crippen LogP contribution in [0.25, 0.3) is 20.8 Å². The smallest absolute Gasteiger partial charge is 0.398 e. The highest BCUT2D eigenvalue weighted by atomic mass is 35.5. The summed E-state index contributed by atoms with van der Waals surface area (Å²) < 4.78 is 38.8. The summed E-state index contributed by atoms with van der Waals surface area (Å²) in [6.45, 7) is 0. The quantitative estimate of drug-likeness (QED) is 0.622. The predicted octanol–water partition coefficient (Wildman–Crippen LogP) is 5.22. The van der Waals surface area contributed by atoms with Crippen LogP contribution in [0.5, 0.6) is 0 Å². The van der Waals surface area contributed by atoms with Gasteiger partial charge in [-0.3, -0.25) is 0 Å². The van der Waals surface area contributed by atoms with Gasteiger partial charge in [0.2, 0.25) is 0 Å². The van der Waals surface area contributed by atoms with Crippen LogP contribution in [0.15, 0.2) is 36.4 Å². The Morgan fingerprint density at radius 3 is 2.52 bits per heavy atom. The fraction of sp³-hybridized carbons (Fsp3) is 0.0714. The van der Waals surface area contributed by atoms with Gasteiger partial charge in [0.25, 0.3) is 0 Å². The molecule has 2 nitrogen and oxygen atoms in total. The molecule has 0 saturated carbocycles. The van der Waals surface area contributed by atoms with Gasteiger partial charge in [0.1, 0.15) is 5.01 Å². The molecule has 0 fully saturated rings. The number of benzene rings is 2. The first-order valence-corrected chi connectivity index (χ1v) is 7.07. The minimum atomic E-state index is -4.41. The summed E-state index contributed by atoms with van der Waals surface area (Å²) in [6.07, 6.45) is -4.41. The normalized spacial score (nSPS) is 12.0. The van der Waals surface area contributed by atoms with E-state index in [2.05, 4.69) is 4.98 Å². The van der Waals surface area contributed by atoms with Crippen molar-refractivity contribution in [1.82, 2.24) is 4.98 Å². The molecule has 1 heterocycles. The van der Waals surface area contributed by atoms with Crippen LogP contribution >= 0.6 is 22.9 Å². The maximum Gasteiger partial charge on any atom is 0.416 e. The van der Waals surface area contributed by atoms with E-state index in [-0.39, 0.29) is 5.69 Å². The van der Waals surface area contributed by atoms with Gasteiger partial charge in [0, 0.05) is 16.3 Å². The molecule has 21 heavy (non-hydrogen) atoms. The van der Waals surface area contributed by atoms with Crippen LogP contribution in [-0.2, 0) is 6.18 Å². The highest BCUT2D eigenvalue weighted by Crippen LogP contribution is 2.37.